The number of carbonyl (C=O) groups excluding carboxylic acids is 1. The highest BCUT2D eigenvalue weighted by atomic mass is 33.1. The molecule has 0 aromatic heterocycles. The molecule has 0 saturated heterocycles. The van der Waals surface area contributed by atoms with E-state index in [1.54, 1.807) is 0 Å². The van der Waals surface area contributed by atoms with Crippen LogP contribution in [0.3, 0.4) is 0 Å². The Balaban J connectivity index is 3.80. The zero-order valence-corrected chi connectivity index (χ0v) is 17.8. The number of carbonyl (C=O) groups is 3. The summed E-state index contributed by atoms with van der Waals surface area (Å²) in [6, 6.07) is -1.96. The minimum atomic E-state index is -1.09. The van der Waals surface area contributed by atoms with Crippen LogP contribution in [-0.2, 0) is 14.4 Å². The number of nitrogens with one attached hydrogen (secondary N) is 1. The van der Waals surface area contributed by atoms with Gasteiger partial charge in [0.15, 0.2) is 0 Å². The monoisotopic (exact) mass is 422 g/mol. The molecule has 0 fully saturated rings. The molecule has 0 aromatic carbocycles. The van der Waals surface area contributed by atoms with Crippen molar-refractivity contribution in [1.82, 2.24) is 5.32 Å². The third-order valence-electron chi connectivity index (χ3n) is 4.02. The second kappa shape index (κ2) is 17.2. The fourth-order valence-corrected chi connectivity index (χ4v) is 4.62. The van der Waals surface area contributed by atoms with Crippen LogP contribution in [0.5, 0.6) is 0 Å². The number of aliphatic carboxylic acids is 2. The summed E-state index contributed by atoms with van der Waals surface area (Å²) in [5, 5.41) is 20.4. The highest BCUT2D eigenvalue weighted by Gasteiger charge is 2.20. The van der Waals surface area contributed by atoms with Crippen molar-refractivity contribution >= 4 is 39.4 Å². The number of nitrogens with two attached hydrogens (primary N) is 1. The average molecular weight is 423 g/mol. The summed E-state index contributed by atoms with van der Waals surface area (Å²) < 4.78 is 0. The minimum absolute atomic E-state index is 0.163. The molecule has 7 nitrogen and oxygen atoms in total. The van der Waals surface area contributed by atoms with Crippen LogP contribution in [0, 0.1) is 0 Å². The lowest BCUT2D eigenvalue weighted by Gasteiger charge is -2.14. The predicted octanol–water partition coefficient (Wildman–Crippen LogP) is 3.27. The maximum atomic E-state index is 11.9. The Hall–Kier alpha value is -0.930. The number of unbranched alkanes of at least 4 members (excludes halogenated alkanes) is 8. The standard InChI is InChI=1S/C18H34N2O5S2/c1-2-3-4-5-6-7-8-9-10-11-16(21)20-15(18(24)25)13-27-26-12-14(19)17(22)23/h14-15H,2-13,19H2,1H3,(H,20,21)(H,22,23)(H,24,25)/t14-,15-/m0/s1. The summed E-state index contributed by atoms with van der Waals surface area (Å²) in [5.41, 5.74) is 5.37. The highest BCUT2D eigenvalue weighted by Crippen LogP contribution is 2.22. The molecule has 0 spiro atoms. The predicted molar refractivity (Wildman–Crippen MR) is 112 cm³/mol. The number of hydrogen-bond acceptors (Lipinski definition) is 6. The summed E-state index contributed by atoms with van der Waals surface area (Å²) in [4.78, 5) is 33.8. The van der Waals surface area contributed by atoms with Crippen LogP contribution in [0.4, 0.5) is 0 Å². The Labute approximate surface area is 170 Å². The summed E-state index contributed by atoms with van der Waals surface area (Å²) in [6.45, 7) is 2.20. The first kappa shape index (κ1) is 26.1. The quantitative estimate of drug-likeness (QED) is 0.196. The molecule has 9 heteroatoms. The summed E-state index contributed by atoms with van der Waals surface area (Å²) in [6.07, 6.45) is 10.8. The van der Waals surface area contributed by atoms with E-state index in [2.05, 4.69) is 12.2 Å². The van der Waals surface area contributed by atoms with Gasteiger partial charge in [0.2, 0.25) is 5.91 Å². The topological polar surface area (TPSA) is 130 Å². The van der Waals surface area contributed by atoms with Crippen molar-refractivity contribution in [3.63, 3.8) is 0 Å². The van der Waals surface area contributed by atoms with Crippen molar-refractivity contribution in [2.45, 2.75) is 83.2 Å². The smallest absolute Gasteiger partial charge is 0.327 e. The van der Waals surface area contributed by atoms with E-state index in [0.717, 1.165) is 19.3 Å². The van der Waals surface area contributed by atoms with Crippen LogP contribution in [0.1, 0.15) is 71.1 Å². The molecule has 0 aliphatic carbocycles. The molecule has 0 aliphatic rings. The number of hydrogen-bond donors (Lipinski definition) is 4. The molecule has 158 valence electrons. The fraction of sp³-hybridized carbons (Fsp3) is 0.833. The normalized spacial score (nSPS) is 13.1. The van der Waals surface area contributed by atoms with Crippen LogP contribution >= 0.6 is 21.6 Å². The molecule has 2 atom stereocenters. The highest BCUT2D eigenvalue weighted by molar-refractivity contribution is 8.76. The van der Waals surface area contributed by atoms with Crippen molar-refractivity contribution in [3.8, 4) is 0 Å². The number of rotatable bonds is 18. The van der Waals surface area contributed by atoms with Crippen molar-refractivity contribution in [2.24, 2.45) is 5.73 Å². The van der Waals surface area contributed by atoms with Gasteiger partial charge in [0.05, 0.1) is 0 Å². The molecule has 0 bridgehead atoms. The van der Waals surface area contributed by atoms with Crippen molar-refractivity contribution in [3.05, 3.63) is 0 Å². The maximum Gasteiger partial charge on any atom is 0.327 e. The SMILES string of the molecule is CCCCCCCCCCCC(=O)N[C@@H](CSSC[C@H](N)C(=O)O)C(=O)O. The second-order valence-corrected chi connectivity index (χ2v) is 9.10. The maximum absolute atomic E-state index is 11.9. The molecule has 0 saturated carbocycles. The third-order valence-corrected chi connectivity index (χ3v) is 6.47. The zero-order chi connectivity index (χ0) is 20.5. The molecule has 0 radical (unpaired) electrons. The molecule has 0 heterocycles. The molecule has 1 amide bonds. The summed E-state index contributed by atoms with van der Waals surface area (Å²) in [5.74, 6) is -2.09. The first-order valence-corrected chi connectivity index (χ1v) is 12.1. The van der Waals surface area contributed by atoms with Gasteiger partial charge in [0, 0.05) is 17.9 Å². The first-order chi connectivity index (χ1) is 12.9. The zero-order valence-electron chi connectivity index (χ0n) is 16.2. The van der Waals surface area contributed by atoms with Gasteiger partial charge >= 0.3 is 11.9 Å². The van der Waals surface area contributed by atoms with Gasteiger partial charge in [0.25, 0.3) is 0 Å². The van der Waals surface area contributed by atoms with Crippen LogP contribution in [-0.4, -0.2) is 51.6 Å². The van der Waals surface area contributed by atoms with Gasteiger partial charge in [0.1, 0.15) is 12.1 Å². The second-order valence-electron chi connectivity index (χ2n) is 6.55. The van der Waals surface area contributed by atoms with Gasteiger partial charge in [-0.3, -0.25) is 9.59 Å². The lowest BCUT2D eigenvalue weighted by molar-refractivity contribution is -0.141. The first-order valence-electron chi connectivity index (χ1n) is 9.63. The van der Waals surface area contributed by atoms with Gasteiger partial charge < -0.3 is 21.3 Å². The third kappa shape index (κ3) is 15.8. The van der Waals surface area contributed by atoms with Crippen molar-refractivity contribution in [1.29, 1.82) is 0 Å². The molecule has 0 aromatic rings. The number of amides is 1. The van der Waals surface area contributed by atoms with Crippen LogP contribution in [0.2, 0.25) is 0 Å². The van der Waals surface area contributed by atoms with Gasteiger partial charge in [-0.05, 0) is 6.42 Å². The Morgan fingerprint density at radius 3 is 1.89 bits per heavy atom. The molecule has 0 aliphatic heterocycles. The largest absolute Gasteiger partial charge is 0.480 e. The fourth-order valence-electron chi connectivity index (χ4n) is 2.35. The van der Waals surface area contributed by atoms with Gasteiger partial charge in [-0.2, -0.15) is 0 Å². The Morgan fingerprint density at radius 1 is 0.852 bits per heavy atom. The van der Waals surface area contributed by atoms with E-state index in [1.165, 1.54) is 60.1 Å². The van der Waals surface area contributed by atoms with Crippen molar-refractivity contribution in [2.75, 3.05) is 11.5 Å². The van der Waals surface area contributed by atoms with Crippen LogP contribution in [0.15, 0.2) is 0 Å². The summed E-state index contributed by atoms with van der Waals surface area (Å²) in [7, 11) is 2.39. The molecular weight excluding hydrogens is 388 g/mol. The molecule has 0 unspecified atom stereocenters. The summed E-state index contributed by atoms with van der Waals surface area (Å²) >= 11 is 0. The van der Waals surface area contributed by atoms with Crippen LogP contribution < -0.4 is 11.1 Å². The average Bonchev–Trinajstić information content (AvgIpc) is 2.62. The van der Waals surface area contributed by atoms with E-state index in [-0.39, 0.29) is 17.4 Å². The van der Waals surface area contributed by atoms with Gasteiger partial charge in [-0.15, -0.1) is 0 Å². The van der Waals surface area contributed by atoms with Crippen LogP contribution in [0.25, 0.3) is 0 Å². The van der Waals surface area contributed by atoms with Crippen molar-refractivity contribution < 1.29 is 24.6 Å². The molecule has 27 heavy (non-hydrogen) atoms. The number of carboxylic acid groups (broad SMARTS) is 2. The Bertz CT molecular complexity index is 438. The lowest BCUT2D eigenvalue weighted by Crippen LogP contribution is -2.42. The minimum Gasteiger partial charge on any atom is -0.480 e. The van der Waals surface area contributed by atoms with E-state index >= 15 is 0 Å². The van der Waals surface area contributed by atoms with E-state index in [9.17, 15) is 19.5 Å². The molecular formula is C18H34N2O5S2. The van der Waals surface area contributed by atoms with E-state index in [1.807, 2.05) is 0 Å². The number of carboxylic acids is 2. The lowest BCUT2D eigenvalue weighted by atomic mass is 10.1. The van der Waals surface area contributed by atoms with E-state index in [0.29, 0.717) is 6.42 Å². The molecule has 0 rings (SSSR count). The van der Waals surface area contributed by atoms with E-state index in [4.69, 9.17) is 10.8 Å². The Kier molecular flexibility index (Phi) is 16.6. The van der Waals surface area contributed by atoms with Gasteiger partial charge in [-0.1, -0.05) is 79.9 Å². The Morgan fingerprint density at radius 2 is 1.37 bits per heavy atom. The van der Waals surface area contributed by atoms with Gasteiger partial charge in [-0.25, -0.2) is 4.79 Å². The molecule has 5 N–H and O–H groups in total. The van der Waals surface area contributed by atoms with E-state index < -0.39 is 24.0 Å².